The van der Waals surface area contributed by atoms with Crippen LogP contribution in [0.25, 0.3) is 11.0 Å². The smallest absolute Gasteiger partial charge is 0.110 e. The van der Waals surface area contributed by atoms with Crippen molar-refractivity contribution in [3.05, 3.63) is 42.0 Å². The zero-order chi connectivity index (χ0) is 18.1. The van der Waals surface area contributed by atoms with Crippen molar-refractivity contribution in [2.24, 2.45) is 5.92 Å². The summed E-state index contributed by atoms with van der Waals surface area (Å²) in [6.45, 7) is 3.18. The van der Waals surface area contributed by atoms with Crippen LogP contribution in [0.2, 0.25) is 0 Å². The fourth-order valence-corrected chi connectivity index (χ4v) is 4.74. The van der Waals surface area contributed by atoms with E-state index >= 15 is 0 Å². The van der Waals surface area contributed by atoms with E-state index in [1.54, 1.807) is 0 Å². The van der Waals surface area contributed by atoms with Crippen molar-refractivity contribution in [2.45, 2.75) is 56.9 Å². The quantitative estimate of drug-likeness (QED) is 0.742. The van der Waals surface area contributed by atoms with Crippen LogP contribution in [-0.2, 0) is 6.54 Å². The lowest BCUT2D eigenvalue weighted by Gasteiger charge is -2.27. The van der Waals surface area contributed by atoms with Crippen LogP contribution in [0.4, 0.5) is 0 Å². The maximum Gasteiger partial charge on any atom is 0.110 e. The van der Waals surface area contributed by atoms with Crippen LogP contribution in [0.5, 0.6) is 0 Å². The lowest BCUT2D eigenvalue weighted by molar-refractivity contribution is 0.279. The van der Waals surface area contributed by atoms with Gasteiger partial charge in [-0.1, -0.05) is 17.3 Å². The van der Waals surface area contributed by atoms with E-state index in [1.807, 2.05) is 0 Å². The van der Waals surface area contributed by atoms with Crippen LogP contribution in [0, 0.1) is 5.92 Å². The van der Waals surface area contributed by atoms with Crippen molar-refractivity contribution in [2.75, 3.05) is 13.1 Å². The average Bonchev–Trinajstić information content (AvgIpc) is 3.36. The Balaban J connectivity index is 1.18. The molecule has 1 atom stereocenters. The molecule has 1 saturated heterocycles. The minimum absolute atomic E-state index is 0.538. The first kappa shape index (κ1) is 16.9. The Hall–Kier alpha value is -2.21. The van der Waals surface area contributed by atoms with Crippen molar-refractivity contribution in [3.8, 4) is 0 Å². The molecule has 2 N–H and O–H groups in total. The third-order valence-corrected chi connectivity index (χ3v) is 6.36. The summed E-state index contributed by atoms with van der Waals surface area (Å²) in [4.78, 5) is 8.34. The van der Waals surface area contributed by atoms with Crippen LogP contribution in [0.1, 0.15) is 61.9 Å². The molecular formula is C21H28N6. The van der Waals surface area contributed by atoms with E-state index in [9.17, 15) is 0 Å². The molecule has 3 heterocycles. The Morgan fingerprint density at radius 1 is 1.04 bits per heavy atom. The molecule has 27 heavy (non-hydrogen) atoms. The number of H-pyrrole nitrogens is 1. The number of piperidine rings is 1. The predicted octanol–water partition coefficient (Wildman–Crippen LogP) is 3.60. The fraction of sp³-hybridized carbons (Fsp3) is 0.571. The van der Waals surface area contributed by atoms with Crippen molar-refractivity contribution in [3.63, 3.8) is 0 Å². The molecule has 0 radical (unpaired) electrons. The topological polar surface area (TPSA) is 71.4 Å². The zero-order valence-corrected chi connectivity index (χ0v) is 15.8. The first-order valence-electron chi connectivity index (χ1n) is 10.4. The highest BCUT2D eigenvalue weighted by molar-refractivity contribution is 5.74. The van der Waals surface area contributed by atoms with Crippen LogP contribution in [-0.4, -0.2) is 38.1 Å². The number of nitrogens with zero attached hydrogens (tertiary/aromatic N) is 4. The number of imidazole rings is 1. The molecule has 0 bridgehead atoms. The molecule has 1 saturated carbocycles. The van der Waals surface area contributed by atoms with Crippen LogP contribution in [0.15, 0.2) is 30.5 Å². The Kier molecular flexibility index (Phi) is 4.66. The normalized spacial score (nSPS) is 26.4. The first-order valence-corrected chi connectivity index (χ1v) is 10.4. The van der Waals surface area contributed by atoms with Crippen molar-refractivity contribution in [1.29, 1.82) is 0 Å². The highest BCUT2D eigenvalue weighted by Crippen LogP contribution is 2.36. The maximum atomic E-state index is 4.81. The minimum atomic E-state index is 0.538. The number of hydrogen-bond acceptors (Lipinski definition) is 4. The van der Waals surface area contributed by atoms with Crippen LogP contribution < -0.4 is 5.32 Å². The van der Waals surface area contributed by atoms with Gasteiger partial charge in [0.15, 0.2) is 0 Å². The van der Waals surface area contributed by atoms with Gasteiger partial charge in [0.25, 0.3) is 0 Å². The molecular weight excluding hydrogens is 336 g/mol. The molecule has 6 nitrogen and oxygen atoms in total. The van der Waals surface area contributed by atoms with Crippen molar-refractivity contribution in [1.82, 2.24) is 30.3 Å². The second-order valence-corrected chi connectivity index (χ2v) is 8.27. The van der Waals surface area contributed by atoms with Gasteiger partial charge in [-0.2, -0.15) is 0 Å². The molecule has 1 aliphatic carbocycles. The second kappa shape index (κ2) is 7.43. The molecule has 142 valence electrons. The number of nitrogens with one attached hydrogen (secondary N) is 2. The van der Waals surface area contributed by atoms with Crippen LogP contribution in [0.3, 0.4) is 0 Å². The highest BCUT2D eigenvalue weighted by Gasteiger charge is 2.25. The molecule has 6 heteroatoms. The Bertz CT molecular complexity index is 850. The molecule has 2 aliphatic rings. The van der Waals surface area contributed by atoms with Gasteiger partial charge in [0, 0.05) is 31.1 Å². The molecule has 1 aliphatic heterocycles. The number of aromatic nitrogens is 5. The van der Waals surface area contributed by atoms with E-state index in [0.29, 0.717) is 17.8 Å². The lowest BCUT2D eigenvalue weighted by atomic mass is 9.81. The summed E-state index contributed by atoms with van der Waals surface area (Å²) in [5.74, 6) is 2.97. The third kappa shape index (κ3) is 3.63. The predicted molar refractivity (Wildman–Crippen MR) is 106 cm³/mol. The third-order valence-electron chi connectivity index (χ3n) is 6.36. The molecule has 2 aromatic heterocycles. The van der Waals surface area contributed by atoms with Gasteiger partial charge in [0.05, 0.1) is 16.7 Å². The Labute approximate surface area is 159 Å². The molecule has 5 rings (SSSR count). The van der Waals surface area contributed by atoms with Crippen molar-refractivity contribution < 1.29 is 0 Å². The average molecular weight is 364 g/mol. The van der Waals surface area contributed by atoms with E-state index in [-0.39, 0.29) is 0 Å². The van der Waals surface area contributed by atoms with Gasteiger partial charge in [-0.3, -0.25) is 4.68 Å². The summed E-state index contributed by atoms with van der Waals surface area (Å²) in [5.41, 5.74) is 3.40. The van der Waals surface area contributed by atoms with Crippen LogP contribution >= 0.6 is 0 Å². The molecule has 0 spiro atoms. The molecule has 3 aromatic rings. The zero-order valence-electron chi connectivity index (χ0n) is 15.8. The summed E-state index contributed by atoms with van der Waals surface area (Å²) in [6.07, 6.45) is 9.54. The van der Waals surface area contributed by atoms with Gasteiger partial charge < -0.3 is 10.3 Å². The van der Waals surface area contributed by atoms with Gasteiger partial charge in [-0.15, -0.1) is 5.10 Å². The van der Waals surface area contributed by atoms with Gasteiger partial charge in [-0.05, 0) is 63.1 Å². The molecule has 2 fully saturated rings. The fourth-order valence-electron chi connectivity index (χ4n) is 4.74. The second-order valence-electron chi connectivity index (χ2n) is 8.27. The number of aromatic amines is 1. The Morgan fingerprint density at radius 3 is 2.74 bits per heavy atom. The standard InChI is InChI=1S/C21H28N6/c1-2-6-19-18(5-1)23-21(24-19)16-9-7-15(8-10-16)13-27-14-20(25-26-27)17-4-3-11-22-12-17/h1-2,5-6,14-17,22H,3-4,7-13H2,(H,23,24)/t15?,16?,17-/m1/s1. The summed E-state index contributed by atoms with van der Waals surface area (Å²) < 4.78 is 2.08. The summed E-state index contributed by atoms with van der Waals surface area (Å²) in [6, 6.07) is 8.32. The van der Waals surface area contributed by atoms with E-state index in [4.69, 9.17) is 4.98 Å². The largest absolute Gasteiger partial charge is 0.342 e. The van der Waals surface area contributed by atoms with E-state index < -0.39 is 0 Å². The maximum absolute atomic E-state index is 4.81. The molecule has 0 amide bonds. The highest BCUT2D eigenvalue weighted by atomic mass is 15.4. The minimum Gasteiger partial charge on any atom is -0.342 e. The summed E-state index contributed by atoms with van der Waals surface area (Å²) in [7, 11) is 0. The number of benzene rings is 1. The molecule has 1 aromatic carbocycles. The van der Waals surface area contributed by atoms with E-state index in [0.717, 1.165) is 36.4 Å². The van der Waals surface area contributed by atoms with E-state index in [2.05, 4.69) is 55.8 Å². The summed E-state index contributed by atoms with van der Waals surface area (Å²) in [5, 5.41) is 12.3. The SMILES string of the molecule is c1ccc2[nH]c(C3CCC(Cn4cc([C@@H]5CCCNC5)nn4)CC3)nc2c1. The lowest BCUT2D eigenvalue weighted by Crippen LogP contribution is -2.28. The Morgan fingerprint density at radius 2 is 1.93 bits per heavy atom. The van der Waals surface area contributed by atoms with E-state index in [1.165, 1.54) is 44.3 Å². The van der Waals surface area contributed by atoms with Gasteiger partial charge >= 0.3 is 0 Å². The number of fused-ring (bicyclic) bond motifs is 1. The summed E-state index contributed by atoms with van der Waals surface area (Å²) >= 11 is 0. The first-order chi connectivity index (χ1) is 13.3. The monoisotopic (exact) mass is 364 g/mol. The number of rotatable bonds is 4. The van der Waals surface area contributed by atoms with Gasteiger partial charge in [0.1, 0.15) is 5.82 Å². The molecule has 0 unspecified atom stereocenters. The van der Waals surface area contributed by atoms with Crippen molar-refractivity contribution >= 4 is 11.0 Å². The number of para-hydroxylation sites is 2. The van der Waals surface area contributed by atoms with Gasteiger partial charge in [-0.25, -0.2) is 4.98 Å². The number of hydrogen-bond donors (Lipinski definition) is 2. The van der Waals surface area contributed by atoms with Gasteiger partial charge in [0.2, 0.25) is 0 Å².